The number of benzene rings is 5. The van der Waals surface area contributed by atoms with Crippen LogP contribution in [-0.4, -0.2) is 37.1 Å². The van der Waals surface area contributed by atoms with Crippen molar-refractivity contribution in [1.82, 2.24) is 0 Å². The Morgan fingerprint density at radius 3 is 1.21 bits per heavy atom. The van der Waals surface area contributed by atoms with Gasteiger partial charge < -0.3 is 28.4 Å². The van der Waals surface area contributed by atoms with Crippen molar-refractivity contribution < 1.29 is 65.2 Å². The van der Waals surface area contributed by atoms with E-state index in [4.69, 9.17) is 28.4 Å². The van der Waals surface area contributed by atoms with Crippen molar-refractivity contribution in [3.63, 3.8) is 0 Å². The first-order chi connectivity index (χ1) is 26.9. The molecule has 0 saturated carbocycles. The van der Waals surface area contributed by atoms with Crippen LogP contribution in [0.1, 0.15) is 81.0 Å². The monoisotopic (exact) mass is 774 g/mol. The number of carbonyl (C=O) groups excluding carboxylic acids is 4. The predicted molar refractivity (Wildman–Crippen MR) is 193 cm³/mol. The molecule has 5 rings (SSSR count). The fraction of sp³-hybridized carbons (Fsp3) is 0.190. The average molecular weight is 775 g/mol. The zero-order valence-electron chi connectivity index (χ0n) is 30.1. The molecule has 14 heteroatoms. The second-order valence-corrected chi connectivity index (χ2v) is 12.0. The summed E-state index contributed by atoms with van der Waals surface area (Å²) in [6, 6.07) is 18.0. The van der Waals surface area contributed by atoms with E-state index in [1.807, 2.05) is 13.8 Å². The molecule has 0 bridgehead atoms. The first-order valence-electron chi connectivity index (χ1n) is 17.4. The molecule has 10 nitrogen and oxygen atoms in total. The molecular formula is C42H34F4O10. The second kappa shape index (κ2) is 19.1. The lowest BCUT2D eigenvalue weighted by Crippen LogP contribution is -2.13. The number of carbonyl (C=O) groups is 4. The third-order valence-electron chi connectivity index (χ3n) is 7.81. The van der Waals surface area contributed by atoms with Crippen LogP contribution in [0.3, 0.4) is 0 Å². The highest BCUT2D eigenvalue weighted by Gasteiger charge is 2.21. The lowest BCUT2D eigenvalue weighted by atomic mass is 10.2. The molecular weight excluding hydrogens is 740 g/mol. The Labute approximate surface area is 318 Å². The summed E-state index contributed by atoms with van der Waals surface area (Å²) >= 11 is 0. The van der Waals surface area contributed by atoms with Crippen LogP contribution in [-0.2, 0) is 0 Å². The molecule has 0 fully saturated rings. The van der Waals surface area contributed by atoms with Crippen molar-refractivity contribution in [2.45, 2.75) is 39.5 Å². The maximum Gasteiger partial charge on any atom is 0.346 e. The molecule has 56 heavy (non-hydrogen) atoms. The van der Waals surface area contributed by atoms with E-state index >= 15 is 0 Å². The van der Waals surface area contributed by atoms with Crippen molar-refractivity contribution in [2.24, 2.45) is 0 Å². The van der Waals surface area contributed by atoms with Crippen LogP contribution in [0.5, 0.6) is 34.5 Å². The van der Waals surface area contributed by atoms with E-state index < -0.39 is 58.3 Å². The molecule has 0 atom stereocenters. The summed E-state index contributed by atoms with van der Waals surface area (Å²) in [4.78, 5) is 50.7. The summed E-state index contributed by atoms with van der Waals surface area (Å²) in [5.74, 6) is -8.94. The van der Waals surface area contributed by atoms with Crippen molar-refractivity contribution in [3.05, 3.63) is 143 Å². The molecule has 0 unspecified atom stereocenters. The molecule has 0 aliphatic rings. The van der Waals surface area contributed by atoms with Gasteiger partial charge in [0.05, 0.1) is 35.5 Å². The highest BCUT2D eigenvalue weighted by Crippen LogP contribution is 2.27. The van der Waals surface area contributed by atoms with Gasteiger partial charge in [-0.1, -0.05) is 32.8 Å². The molecule has 290 valence electrons. The van der Waals surface area contributed by atoms with Crippen LogP contribution in [0.15, 0.2) is 97.1 Å². The van der Waals surface area contributed by atoms with E-state index in [0.717, 1.165) is 80.3 Å². The SMILES string of the molecule is CCCCOc1ccc(C(=O)Oc2ccc(C(=O)Oc3cccc(OC(=O)c4ccc(OC(=O)c5ccc(OCCCC)c(F)c5)cc4F)c3)c(F)c2)cc1F. The van der Waals surface area contributed by atoms with Gasteiger partial charge in [0.15, 0.2) is 23.1 Å². The zero-order chi connectivity index (χ0) is 40.2. The molecule has 0 saturated heterocycles. The molecule has 0 N–H and O–H groups in total. The minimum absolute atomic E-state index is 0.0268. The summed E-state index contributed by atoms with van der Waals surface area (Å²) in [6.45, 7) is 4.53. The molecule has 5 aromatic carbocycles. The molecule has 0 aliphatic carbocycles. The van der Waals surface area contributed by atoms with Crippen molar-refractivity contribution in [3.8, 4) is 34.5 Å². The van der Waals surface area contributed by atoms with Crippen LogP contribution in [0.4, 0.5) is 17.6 Å². The predicted octanol–water partition coefficient (Wildman–Crippen LogP) is 9.48. The molecule has 0 aromatic heterocycles. The topological polar surface area (TPSA) is 124 Å². The number of rotatable bonds is 16. The number of hydrogen-bond donors (Lipinski definition) is 0. The number of hydrogen-bond acceptors (Lipinski definition) is 10. The van der Waals surface area contributed by atoms with Gasteiger partial charge >= 0.3 is 23.9 Å². The molecule has 0 amide bonds. The van der Waals surface area contributed by atoms with Gasteiger partial charge in [-0.25, -0.2) is 36.7 Å². The number of esters is 4. The summed E-state index contributed by atoms with van der Waals surface area (Å²) in [7, 11) is 0. The Morgan fingerprint density at radius 1 is 0.446 bits per heavy atom. The fourth-order valence-corrected chi connectivity index (χ4v) is 4.85. The van der Waals surface area contributed by atoms with Crippen LogP contribution in [0, 0.1) is 23.3 Å². The van der Waals surface area contributed by atoms with Gasteiger partial charge in [-0.3, -0.25) is 0 Å². The summed E-state index contributed by atoms with van der Waals surface area (Å²) in [6.07, 6.45) is 3.16. The van der Waals surface area contributed by atoms with Crippen LogP contribution in [0.2, 0.25) is 0 Å². The Balaban J connectivity index is 1.16. The third kappa shape index (κ3) is 10.7. The number of unbranched alkanes of at least 4 members (excludes halogenated alkanes) is 2. The van der Waals surface area contributed by atoms with E-state index in [-0.39, 0.29) is 45.6 Å². The van der Waals surface area contributed by atoms with Gasteiger partial charge in [-0.2, -0.15) is 0 Å². The largest absolute Gasteiger partial charge is 0.491 e. The number of halogens is 4. The van der Waals surface area contributed by atoms with E-state index in [1.165, 1.54) is 42.5 Å². The lowest BCUT2D eigenvalue weighted by molar-refractivity contribution is 0.0720. The van der Waals surface area contributed by atoms with Crippen LogP contribution < -0.4 is 28.4 Å². The van der Waals surface area contributed by atoms with Gasteiger partial charge in [-0.05, 0) is 85.6 Å². The maximum atomic E-state index is 14.9. The summed E-state index contributed by atoms with van der Waals surface area (Å²) in [5, 5.41) is 0. The van der Waals surface area contributed by atoms with Crippen molar-refractivity contribution in [1.29, 1.82) is 0 Å². The van der Waals surface area contributed by atoms with Gasteiger partial charge in [0.2, 0.25) is 0 Å². The van der Waals surface area contributed by atoms with Crippen LogP contribution in [0.25, 0.3) is 0 Å². The van der Waals surface area contributed by atoms with Crippen molar-refractivity contribution in [2.75, 3.05) is 13.2 Å². The first kappa shape index (κ1) is 40.5. The summed E-state index contributed by atoms with van der Waals surface area (Å²) < 4.78 is 90.0. The first-order valence-corrected chi connectivity index (χ1v) is 17.4. The Morgan fingerprint density at radius 2 is 0.839 bits per heavy atom. The second-order valence-electron chi connectivity index (χ2n) is 12.0. The molecule has 0 aliphatic heterocycles. The van der Waals surface area contributed by atoms with Crippen LogP contribution >= 0.6 is 0 Å². The van der Waals surface area contributed by atoms with E-state index in [0.29, 0.717) is 13.2 Å². The lowest BCUT2D eigenvalue weighted by Gasteiger charge is -2.10. The zero-order valence-corrected chi connectivity index (χ0v) is 30.1. The normalized spacial score (nSPS) is 10.7. The Bertz CT molecular complexity index is 2090. The molecule has 0 radical (unpaired) electrons. The summed E-state index contributed by atoms with van der Waals surface area (Å²) in [5.41, 5.74) is -1.37. The van der Waals surface area contributed by atoms with E-state index in [1.54, 1.807) is 0 Å². The minimum Gasteiger partial charge on any atom is -0.491 e. The maximum absolute atomic E-state index is 14.9. The van der Waals surface area contributed by atoms with Crippen molar-refractivity contribution >= 4 is 23.9 Å². The average Bonchev–Trinajstić information content (AvgIpc) is 3.16. The minimum atomic E-state index is -1.15. The van der Waals surface area contributed by atoms with Gasteiger partial charge in [-0.15, -0.1) is 0 Å². The highest BCUT2D eigenvalue weighted by molar-refractivity contribution is 5.94. The standard InChI is InChI=1S/C42H34F4O10/c1-3-5-18-51-37-16-10-25(20-35(37)45)39(47)53-29-12-14-31(33(43)23-29)41(49)55-27-8-7-9-28(22-27)56-42(50)32-15-13-30(24-34(32)44)54-40(48)26-11-17-38(36(46)21-26)52-19-6-4-2/h7-17,20-24H,3-6,18-19H2,1-2H3. The highest BCUT2D eigenvalue weighted by atomic mass is 19.1. The molecule has 5 aromatic rings. The molecule has 0 spiro atoms. The quantitative estimate of drug-likeness (QED) is 0.0415. The molecule has 0 heterocycles. The van der Waals surface area contributed by atoms with Gasteiger partial charge in [0.25, 0.3) is 0 Å². The van der Waals surface area contributed by atoms with E-state index in [9.17, 15) is 36.7 Å². The Hall–Kier alpha value is -6.70. The Kier molecular flexibility index (Phi) is 13.8. The third-order valence-corrected chi connectivity index (χ3v) is 7.81. The number of ether oxygens (including phenoxy) is 6. The van der Waals surface area contributed by atoms with Gasteiger partial charge in [0, 0.05) is 18.2 Å². The fourth-order valence-electron chi connectivity index (χ4n) is 4.85. The van der Waals surface area contributed by atoms with Gasteiger partial charge in [0.1, 0.15) is 34.6 Å². The van der Waals surface area contributed by atoms with E-state index in [2.05, 4.69) is 0 Å². The smallest absolute Gasteiger partial charge is 0.346 e.